The minimum absolute atomic E-state index is 0.184. The number of phenols is 1. The Hall–Kier alpha value is -1.16. The minimum Gasteiger partial charge on any atom is -0.508 e. The Bertz CT molecular complexity index is 320. The van der Waals surface area contributed by atoms with E-state index in [1.54, 1.807) is 12.1 Å². The van der Waals surface area contributed by atoms with Gasteiger partial charge in [0.15, 0.2) is 0 Å². The van der Waals surface area contributed by atoms with Gasteiger partial charge in [-0.05, 0) is 18.2 Å². The van der Waals surface area contributed by atoms with E-state index in [2.05, 4.69) is 15.9 Å². The van der Waals surface area contributed by atoms with Crippen molar-refractivity contribution in [2.24, 2.45) is 0 Å². The summed E-state index contributed by atoms with van der Waals surface area (Å²) < 4.78 is 11.0. The second-order valence-corrected chi connectivity index (χ2v) is 3.53. The fraction of sp³-hybridized carbons (Fsp3) is 0.111. The van der Waals surface area contributed by atoms with Gasteiger partial charge in [-0.2, -0.15) is 0 Å². The maximum Gasteiger partial charge on any atom is 0.266 e. The van der Waals surface area contributed by atoms with Gasteiger partial charge in [0.2, 0.25) is 0 Å². The Morgan fingerprint density at radius 2 is 1.85 bits per heavy atom. The third-order valence-electron chi connectivity index (χ3n) is 1.64. The molecule has 1 heterocycles. The molecule has 13 heavy (non-hydrogen) atoms. The average molecular weight is 243 g/mol. The van der Waals surface area contributed by atoms with E-state index in [0.29, 0.717) is 0 Å². The molecule has 3 nitrogen and oxygen atoms in total. The summed E-state index contributed by atoms with van der Waals surface area (Å²) in [6.07, 6.45) is 2.51. The van der Waals surface area contributed by atoms with Gasteiger partial charge in [-0.1, -0.05) is 15.9 Å². The van der Waals surface area contributed by atoms with Crippen LogP contribution in [0.15, 0.2) is 35.2 Å². The van der Waals surface area contributed by atoms with Gasteiger partial charge in [-0.15, -0.1) is 0 Å². The molecule has 0 spiro atoms. The van der Waals surface area contributed by atoms with Crippen molar-refractivity contribution in [2.45, 2.75) is 6.29 Å². The smallest absolute Gasteiger partial charge is 0.266 e. The number of ether oxygens (including phenoxy) is 2. The Balaban J connectivity index is 2.29. The van der Waals surface area contributed by atoms with E-state index in [-0.39, 0.29) is 5.75 Å². The normalized spacial score (nSPS) is 15.5. The molecule has 0 aromatic heterocycles. The minimum atomic E-state index is -0.441. The SMILES string of the molecule is Oc1cc(Br)cc(C2OC=CO2)c1. The van der Waals surface area contributed by atoms with Crippen LogP contribution in [0.5, 0.6) is 5.75 Å². The van der Waals surface area contributed by atoms with Crippen molar-refractivity contribution < 1.29 is 14.6 Å². The Morgan fingerprint density at radius 3 is 2.46 bits per heavy atom. The molecule has 0 atom stereocenters. The van der Waals surface area contributed by atoms with Gasteiger partial charge in [0.25, 0.3) is 6.29 Å². The van der Waals surface area contributed by atoms with Crippen LogP contribution in [0.25, 0.3) is 0 Å². The summed E-state index contributed by atoms with van der Waals surface area (Å²) in [6.45, 7) is 0. The van der Waals surface area contributed by atoms with Gasteiger partial charge in [-0.25, -0.2) is 0 Å². The molecular formula is C9H7BrO3. The summed E-state index contributed by atoms with van der Waals surface area (Å²) in [7, 11) is 0. The summed E-state index contributed by atoms with van der Waals surface area (Å²) in [5.41, 5.74) is 0.775. The highest BCUT2D eigenvalue weighted by molar-refractivity contribution is 9.10. The molecule has 0 aliphatic carbocycles. The van der Waals surface area contributed by atoms with Crippen LogP contribution in [0.4, 0.5) is 0 Å². The van der Waals surface area contributed by atoms with E-state index >= 15 is 0 Å². The van der Waals surface area contributed by atoms with Crippen LogP contribution in [-0.4, -0.2) is 5.11 Å². The average Bonchev–Trinajstić information content (AvgIpc) is 2.53. The molecule has 2 rings (SSSR count). The van der Waals surface area contributed by atoms with Crippen molar-refractivity contribution >= 4 is 15.9 Å². The van der Waals surface area contributed by atoms with E-state index in [1.165, 1.54) is 12.5 Å². The topological polar surface area (TPSA) is 38.7 Å². The van der Waals surface area contributed by atoms with Crippen molar-refractivity contribution in [1.82, 2.24) is 0 Å². The first-order chi connectivity index (χ1) is 6.25. The first-order valence-corrected chi connectivity index (χ1v) is 4.50. The summed E-state index contributed by atoms with van der Waals surface area (Å²) in [6, 6.07) is 5.03. The first-order valence-electron chi connectivity index (χ1n) is 3.71. The van der Waals surface area contributed by atoms with Gasteiger partial charge in [-0.3, -0.25) is 0 Å². The Morgan fingerprint density at radius 1 is 1.15 bits per heavy atom. The summed E-state index contributed by atoms with van der Waals surface area (Å²) in [4.78, 5) is 0. The molecular weight excluding hydrogens is 236 g/mol. The molecule has 0 saturated carbocycles. The zero-order chi connectivity index (χ0) is 9.26. The molecule has 0 bridgehead atoms. The van der Waals surface area contributed by atoms with Gasteiger partial charge in [0.1, 0.15) is 18.3 Å². The first kappa shape index (κ1) is 8.44. The van der Waals surface area contributed by atoms with Gasteiger partial charge < -0.3 is 14.6 Å². The van der Waals surface area contributed by atoms with E-state index in [9.17, 15) is 5.11 Å². The maximum atomic E-state index is 9.29. The molecule has 1 aliphatic rings. The Labute approximate surface area is 83.7 Å². The second-order valence-electron chi connectivity index (χ2n) is 2.62. The van der Waals surface area contributed by atoms with E-state index in [0.717, 1.165) is 10.0 Å². The van der Waals surface area contributed by atoms with E-state index in [4.69, 9.17) is 9.47 Å². The van der Waals surface area contributed by atoms with Crippen molar-refractivity contribution in [2.75, 3.05) is 0 Å². The standard InChI is InChI=1S/C9H7BrO3/c10-7-3-6(4-8(11)5-7)9-12-1-2-13-9/h1-5,9,11H. The number of benzene rings is 1. The molecule has 1 aromatic carbocycles. The van der Waals surface area contributed by atoms with Crippen LogP contribution in [-0.2, 0) is 9.47 Å². The molecule has 0 saturated heterocycles. The lowest BCUT2D eigenvalue weighted by Gasteiger charge is -2.10. The number of halogens is 1. The highest BCUT2D eigenvalue weighted by Gasteiger charge is 2.16. The monoisotopic (exact) mass is 242 g/mol. The van der Waals surface area contributed by atoms with Crippen molar-refractivity contribution in [3.8, 4) is 5.75 Å². The third kappa shape index (κ3) is 1.78. The number of phenolic OH excluding ortho intramolecular Hbond substituents is 1. The van der Waals surface area contributed by atoms with Crippen LogP contribution < -0.4 is 0 Å². The predicted molar refractivity (Wildman–Crippen MR) is 49.9 cm³/mol. The molecule has 0 unspecified atom stereocenters. The number of hydrogen-bond acceptors (Lipinski definition) is 3. The van der Waals surface area contributed by atoms with Gasteiger partial charge >= 0.3 is 0 Å². The number of aromatic hydroxyl groups is 1. The molecule has 1 aromatic rings. The third-order valence-corrected chi connectivity index (χ3v) is 2.09. The molecule has 0 amide bonds. The van der Waals surface area contributed by atoms with Crippen LogP contribution in [0.2, 0.25) is 0 Å². The number of hydrogen-bond donors (Lipinski definition) is 1. The van der Waals surface area contributed by atoms with Crippen LogP contribution >= 0.6 is 15.9 Å². The van der Waals surface area contributed by atoms with Crippen LogP contribution in [0, 0.1) is 0 Å². The lowest BCUT2D eigenvalue weighted by atomic mass is 10.2. The zero-order valence-electron chi connectivity index (χ0n) is 6.61. The maximum absolute atomic E-state index is 9.29. The quantitative estimate of drug-likeness (QED) is 0.823. The van der Waals surface area contributed by atoms with Crippen molar-refractivity contribution in [1.29, 1.82) is 0 Å². The van der Waals surface area contributed by atoms with Crippen molar-refractivity contribution in [3.05, 3.63) is 40.8 Å². The number of rotatable bonds is 1. The molecule has 4 heteroatoms. The molecule has 0 radical (unpaired) electrons. The lowest BCUT2D eigenvalue weighted by molar-refractivity contribution is -0.0247. The fourth-order valence-corrected chi connectivity index (χ4v) is 1.63. The Kier molecular flexibility index (Phi) is 2.14. The van der Waals surface area contributed by atoms with Crippen LogP contribution in [0.3, 0.4) is 0 Å². The largest absolute Gasteiger partial charge is 0.508 e. The zero-order valence-corrected chi connectivity index (χ0v) is 8.19. The van der Waals surface area contributed by atoms with Gasteiger partial charge in [0.05, 0.1) is 0 Å². The summed E-state index contributed by atoms with van der Waals surface area (Å²) in [5.74, 6) is 0.184. The van der Waals surface area contributed by atoms with Crippen molar-refractivity contribution in [3.63, 3.8) is 0 Å². The predicted octanol–water partition coefficient (Wildman–Crippen LogP) is 2.67. The lowest BCUT2D eigenvalue weighted by Crippen LogP contribution is -1.97. The molecule has 0 fully saturated rings. The van der Waals surface area contributed by atoms with Gasteiger partial charge in [0, 0.05) is 10.0 Å². The van der Waals surface area contributed by atoms with E-state index < -0.39 is 6.29 Å². The summed E-state index contributed by atoms with van der Waals surface area (Å²) >= 11 is 3.27. The second kappa shape index (κ2) is 3.30. The molecule has 1 aliphatic heterocycles. The van der Waals surface area contributed by atoms with Crippen LogP contribution in [0.1, 0.15) is 11.9 Å². The highest BCUT2D eigenvalue weighted by atomic mass is 79.9. The molecule has 68 valence electrons. The highest BCUT2D eigenvalue weighted by Crippen LogP contribution is 2.29. The van der Waals surface area contributed by atoms with E-state index in [1.807, 2.05) is 6.07 Å². The summed E-state index contributed by atoms with van der Waals surface area (Å²) in [5, 5.41) is 9.29. The molecule has 1 N–H and O–H groups in total. The fourth-order valence-electron chi connectivity index (χ4n) is 1.13.